The lowest BCUT2D eigenvalue weighted by atomic mass is 10.1. The van der Waals surface area contributed by atoms with Crippen LogP contribution in [0.15, 0.2) is 46.9 Å². The summed E-state index contributed by atoms with van der Waals surface area (Å²) in [5.74, 6) is 0.137. The lowest BCUT2D eigenvalue weighted by Gasteiger charge is -2.15. The van der Waals surface area contributed by atoms with Gasteiger partial charge in [-0.1, -0.05) is 35.5 Å². The molecule has 0 amide bonds. The van der Waals surface area contributed by atoms with Crippen molar-refractivity contribution < 1.29 is 5.21 Å². The molecule has 2 rings (SSSR count). The fourth-order valence-corrected chi connectivity index (χ4v) is 2.66. The highest BCUT2D eigenvalue weighted by atomic mass is 32.1. The molecule has 0 atom stereocenters. The maximum absolute atomic E-state index is 8.60. The molecule has 0 aliphatic carbocycles. The lowest BCUT2D eigenvalue weighted by Crippen LogP contribution is -2.17. The van der Waals surface area contributed by atoms with Gasteiger partial charge in [0.2, 0.25) is 0 Å². The van der Waals surface area contributed by atoms with Gasteiger partial charge < -0.3 is 10.9 Å². The van der Waals surface area contributed by atoms with E-state index in [1.807, 2.05) is 24.3 Å². The SMILES string of the molecule is CN(Cc1ccc(/C(N)=N/O)cc1)Cc1cccs1. The van der Waals surface area contributed by atoms with Gasteiger partial charge in [-0.2, -0.15) is 0 Å². The van der Waals surface area contributed by atoms with Crippen LogP contribution in [0.25, 0.3) is 0 Å². The van der Waals surface area contributed by atoms with Gasteiger partial charge >= 0.3 is 0 Å². The van der Waals surface area contributed by atoms with Gasteiger partial charge in [-0.25, -0.2) is 0 Å². The van der Waals surface area contributed by atoms with Crippen molar-refractivity contribution in [3.8, 4) is 0 Å². The second kappa shape index (κ2) is 6.36. The monoisotopic (exact) mass is 275 g/mol. The Labute approximate surface area is 116 Å². The van der Waals surface area contributed by atoms with Crippen molar-refractivity contribution in [1.82, 2.24) is 4.90 Å². The summed E-state index contributed by atoms with van der Waals surface area (Å²) >= 11 is 1.77. The van der Waals surface area contributed by atoms with E-state index in [0.29, 0.717) is 0 Å². The molecule has 1 heterocycles. The Morgan fingerprint density at radius 3 is 2.58 bits per heavy atom. The van der Waals surface area contributed by atoms with Crippen molar-refractivity contribution in [2.24, 2.45) is 10.9 Å². The quantitative estimate of drug-likeness (QED) is 0.381. The number of nitrogens with zero attached hydrogens (tertiary/aromatic N) is 2. The summed E-state index contributed by atoms with van der Waals surface area (Å²) in [6.45, 7) is 1.81. The van der Waals surface area contributed by atoms with Crippen molar-refractivity contribution in [2.45, 2.75) is 13.1 Å². The molecule has 3 N–H and O–H groups in total. The molecule has 0 unspecified atom stereocenters. The zero-order valence-electron chi connectivity index (χ0n) is 10.8. The minimum absolute atomic E-state index is 0.137. The Kier molecular flexibility index (Phi) is 4.54. The van der Waals surface area contributed by atoms with Crippen molar-refractivity contribution in [1.29, 1.82) is 0 Å². The van der Waals surface area contributed by atoms with Crippen LogP contribution >= 0.6 is 11.3 Å². The first-order valence-electron chi connectivity index (χ1n) is 5.97. The van der Waals surface area contributed by atoms with Crippen molar-refractivity contribution in [3.05, 3.63) is 57.8 Å². The van der Waals surface area contributed by atoms with Crippen LogP contribution in [0, 0.1) is 0 Å². The largest absolute Gasteiger partial charge is 0.409 e. The first-order chi connectivity index (χ1) is 9.19. The summed E-state index contributed by atoms with van der Waals surface area (Å²) in [7, 11) is 2.09. The smallest absolute Gasteiger partial charge is 0.170 e. The predicted octanol–water partition coefficient (Wildman–Crippen LogP) is 2.47. The number of rotatable bonds is 5. The fraction of sp³-hybridized carbons (Fsp3) is 0.214. The van der Waals surface area contributed by atoms with Crippen LogP contribution in [-0.2, 0) is 13.1 Å². The molecule has 0 aliphatic heterocycles. The van der Waals surface area contributed by atoms with Gasteiger partial charge in [0.05, 0.1) is 0 Å². The van der Waals surface area contributed by atoms with Crippen LogP contribution in [0.4, 0.5) is 0 Å². The summed E-state index contributed by atoms with van der Waals surface area (Å²) in [5.41, 5.74) is 7.46. The average molecular weight is 275 g/mol. The summed E-state index contributed by atoms with van der Waals surface area (Å²) in [6, 6.07) is 11.9. The molecule has 2 aromatic rings. The summed E-state index contributed by atoms with van der Waals surface area (Å²) < 4.78 is 0. The van der Waals surface area contributed by atoms with E-state index in [-0.39, 0.29) is 5.84 Å². The third-order valence-corrected chi connectivity index (χ3v) is 3.68. The number of benzene rings is 1. The first kappa shape index (κ1) is 13.6. The molecule has 0 saturated heterocycles. The molecule has 5 heteroatoms. The van der Waals surface area contributed by atoms with E-state index in [0.717, 1.165) is 18.7 Å². The fourth-order valence-electron chi connectivity index (χ4n) is 1.87. The van der Waals surface area contributed by atoms with Crippen molar-refractivity contribution >= 4 is 17.2 Å². The number of amidine groups is 1. The second-order valence-corrected chi connectivity index (χ2v) is 5.47. The lowest BCUT2D eigenvalue weighted by molar-refractivity contribution is 0.318. The molecule has 0 aliphatic rings. The van der Waals surface area contributed by atoms with Crippen LogP contribution in [0.2, 0.25) is 0 Å². The van der Waals surface area contributed by atoms with Gasteiger partial charge in [-0.3, -0.25) is 4.90 Å². The van der Waals surface area contributed by atoms with E-state index in [1.54, 1.807) is 11.3 Å². The molecule has 0 radical (unpaired) electrons. The number of nitrogens with two attached hydrogens (primary N) is 1. The number of hydrogen-bond donors (Lipinski definition) is 2. The number of hydrogen-bond acceptors (Lipinski definition) is 4. The summed E-state index contributed by atoms with van der Waals surface area (Å²) in [5, 5.41) is 13.7. The molecule has 1 aromatic heterocycles. The molecular weight excluding hydrogens is 258 g/mol. The van der Waals surface area contributed by atoms with Gasteiger partial charge in [-0.05, 0) is 24.1 Å². The normalized spacial score (nSPS) is 12.0. The maximum Gasteiger partial charge on any atom is 0.170 e. The molecule has 0 bridgehead atoms. The minimum atomic E-state index is 0.137. The van der Waals surface area contributed by atoms with E-state index in [4.69, 9.17) is 10.9 Å². The molecule has 0 saturated carbocycles. The average Bonchev–Trinajstić information content (AvgIpc) is 2.91. The second-order valence-electron chi connectivity index (χ2n) is 4.43. The van der Waals surface area contributed by atoms with Crippen LogP contribution in [0.5, 0.6) is 0 Å². The minimum Gasteiger partial charge on any atom is -0.409 e. The van der Waals surface area contributed by atoms with Gasteiger partial charge in [0.1, 0.15) is 0 Å². The van der Waals surface area contributed by atoms with Crippen LogP contribution in [-0.4, -0.2) is 23.0 Å². The van der Waals surface area contributed by atoms with E-state index in [2.05, 4.69) is 34.6 Å². The van der Waals surface area contributed by atoms with Crippen LogP contribution in [0.3, 0.4) is 0 Å². The highest BCUT2D eigenvalue weighted by Crippen LogP contribution is 2.13. The number of thiophene rings is 1. The Morgan fingerprint density at radius 2 is 2.00 bits per heavy atom. The van der Waals surface area contributed by atoms with Crippen LogP contribution < -0.4 is 5.73 Å². The van der Waals surface area contributed by atoms with Crippen molar-refractivity contribution in [2.75, 3.05) is 7.05 Å². The topological polar surface area (TPSA) is 61.8 Å². The number of oxime groups is 1. The van der Waals surface area contributed by atoms with E-state index >= 15 is 0 Å². The molecule has 100 valence electrons. The Bertz CT molecular complexity index is 534. The van der Waals surface area contributed by atoms with E-state index in [9.17, 15) is 0 Å². The zero-order valence-corrected chi connectivity index (χ0v) is 11.6. The highest BCUT2D eigenvalue weighted by Gasteiger charge is 2.04. The van der Waals surface area contributed by atoms with Crippen molar-refractivity contribution in [3.63, 3.8) is 0 Å². The molecule has 1 aromatic carbocycles. The predicted molar refractivity (Wildman–Crippen MR) is 78.4 cm³/mol. The Balaban J connectivity index is 1.95. The molecule has 4 nitrogen and oxygen atoms in total. The highest BCUT2D eigenvalue weighted by molar-refractivity contribution is 7.09. The maximum atomic E-state index is 8.60. The summed E-state index contributed by atoms with van der Waals surface area (Å²) in [6.07, 6.45) is 0. The van der Waals surface area contributed by atoms with Crippen LogP contribution in [0.1, 0.15) is 16.0 Å². The van der Waals surface area contributed by atoms with E-state index < -0.39 is 0 Å². The Hall–Kier alpha value is -1.85. The van der Waals surface area contributed by atoms with Gasteiger partial charge in [0.15, 0.2) is 5.84 Å². The molecular formula is C14H17N3OS. The Morgan fingerprint density at radius 1 is 1.26 bits per heavy atom. The van der Waals surface area contributed by atoms with Gasteiger partial charge in [0, 0.05) is 23.5 Å². The first-order valence-corrected chi connectivity index (χ1v) is 6.85. The van der Waals surface area contributed by atoms with Gasteiger partial charge in [-0.15, -0.1) is 11.3 Å². The van der Waals surface area contributed by atoms with E-state index in [1.165, 1.54) is 10.4 Å². The summed E-state index contributed by atoms with van der Waals surface area (Å²) in [4.78, 5) is 3.61. The molecule has 0 fully saturated rings. The van der Waals surface area contributed by atoms with Gasteiger partial charge in [0.25, 0.3) is 0 Å². The molecule has 19 heavy (non-hydrogen) atoms. The standard InChI is InChI=1S/C14H17N3OS/c1-17(10-13-3-2-8-19-13)9-11-4-6-12(7-5-11)14(15)16-18/h2-8,18H,9-10H2,1H3,(H2,15,16). The third kappa shape index (κ3) is 3.81. The zero-order chi connectivity index (χ0) is 13.7. The third-order valence-electron chi connectivity index (χ3n) is 2.82. The molecule has 0 spiro atoms.